The highest BCUT2D eigenvalue weighted by Gasteiger charge is 2.37. The highest BCUT2D eigenvalue weighted by Crippen LogP contribution is 2.38. The summed E-state index contributed by atoms with van der Waals surface area (Å²) in [5.74, 6) is 1.66. The van der Waals surface area contributed by atoms with Crippen LogP contribution in [0.25, 0.3) is 11.3 Å². The molecule has 174 valence electrons. The Hall–Kier alpha value is -2.71. The number of carbonyl (C=O) groups excluding carboxylic acids is 2. The smallest absolute Gasteiger partial charge is 0.232 e. The lowest BCUT2D eigenvalue weighted by Crippen LogP contribution is -2.55. The molecule has 0 aromatic carbocycles. The Labute approximate surface area is 197 Å². The maximum absolute atomic E-state index is 13.8. The zero-order valence-electron chi connectivity index (χ0n) is 18.9. The summed E-state index contributed by atoms with van der Waals surface area (Å²) in [7, 11) is 0. The lowest BCUT2D eigenvalue weighted by molar-refractivity contribution is -0.136. The summed E-state index contributed by atoms with van der Waals surface area (Å²) in [5, 5.41) is 6.97. The third-order valence-corrected chi connectivity index (χ3v) is 7.59. The molecular formula is C25H30N4O3S. The van der Waals surface area contributed by atoms with Gasteiger partial charge in [0.25, 0.3) is 0 Å². The molecule has 0 radical (unpaired) electrons. The summed E-state index contributed by atoms with van der Waals surface area (Å²) in [6.45, 7) is 4.19. The first-order chi connectivity index (χ1) is 16.1. The largest absolute Gasteiger partial charge is 0.461 e. The second-order valence-corrected chi connectivity index (χ2v) is 9.99. The van der Waals surface area contributed by atoms with Crippen LogP contribution < -0.4 is 10.6 Å². The summed E-state index contributed by atoms with van der Waals surface area (Å²) in [6, 6.07) is 10.1. The number of amides is 2. The van der Waals surface area contributed by atoms with E-state index in [2.05, 4.69) is 16.7 Å². The van der Waals surface area contributed by atoms with Crippen molar-refractivity contribution in [3.63, 3.8) is 0 Å². The number of hydrogen-bond donors (Lipinski definition) is 2. The van der Waals surface area contributed by atoms with Crippen molar-refractivity contribution in [1.82, 2.24) is 15.2 Å². The standard InChI is InChI=1S/C25H30N4O3S/c1-2-5-22(30)27-25-28-23-19(7-4-9-21(23)33-25)24(31)29-13-12-26-15-17(29)14-18-11-10-16-6-3-8-20(16)32-18/h3,6,8,10-11,17,19,26H,2,4-5,7,9,12-15H2,1H3,(H,27,28,30). The molecule has 1 fully saturated rings. The van der Waals surface area contributed by atoms with Gasteiger partial charge in [0.2, 0.25) is 11.8 Å². The number of hydrogen-bond acceptors (Lipinski definition) is 6. The fourth-order valence-electron chi connectivity index (χ4n) is 4.90. The van der Waals surface area contributed by atoms with Gasteiger partial charge in [0, 0.05) is 42.9 Å². The Morgan fingerprint density at radius 3 is 3.09 bits per heavy atom. The van der Waals surface area contributed by atoms with Crippen LogP contribution in [-0.2, 0) is 22.4 Å². The van der Waals surface area contributed by atoms with Crippen LogP contribution in [0.1, 0.15) is 54.9 Å². The average molecular weight is 467 g/mol. The van der Waals surface area contributed by atoms with Crippen molar-refractivity contribution in [1.29, 1.82) is 0 Å². The number of fused-ring (bicyclic) bond motifs is 2. The van der Waals surface area contributed by atoms with Crippen molar-refractivity contribution in [2.75, 3.05) is 25.0 Å². The van der Waals surface area contributed by atoms with Gasteiger partial charge in [0.05, 0.1) is 17.7 Å². The van der Waals surface area contributed by atoms with Crippen molar-refractivity contribution < 1.29 is 14.0 Å². The second-order valence-electron chi connectivity index (χ2n) is 8.91. The number of carbonyl (C=O) groups is 2. The van der Waals surface area contributed by atoms with Crippen LogP contribution in [0.5, 0.6) is 0 Å². The molecule has 2 unspecified atom stereocenters. The van der Waals surface area contributed by atoms with Gasteiger partial charge in [-0.2, -0.15) is 0 Å². The number of nitrogens with zero attached hydrogens (tertiary/aromatic N) is 2. The summed E-state index contributed by atoms with van der Waals surface area (Å²) in [6.07, 6.45) is 4.65. The van der Waals surface area contributed by atoms with Gasteiger partial charge in [-0.3, -0.25) is 9.59 Å². The first kappa shape index (κ1) is 22.1. The molecule has 1 aromatic rings. The van der Waals surface area contributed by atoms with Gasteiger partial charge < -0.3 is 20.0 Å². The highest BCUT2D eigenvalue weighted by atomic mass is 32.1. The lowest BCUT2D eigenvalue weighted by atomic mass is 9.89. The van der Waals surface area contributed by atoms with Crippen LogP contribution in [0, 0.1) is 0 Å². The summed E-state index contributed by atoms with van der Waals surface area (Å²) >= 11 is 1.52. The van der Waals surface area contributed by atoms with Crippen LogP contribution in [0.3, 0.4) is 0 Å². The Morgan fingerprint density at radius 2 is 2.21 bits per heavy atom. The van der Waals surface area contributed by atoms with Crippen LogP contribution >= 0.6 is 11.3 Å². The number of aryl methyl sites for hydroxylation is 1. The van der Waals surface area contributed by atoms with E-state index in [0.717, 1.165) is 66.4 Å². The molecule has 2 N–H and O–H groups in total. The van der Waals surface area contributed by atoms with Gasteiger partial charge in [-0.05, 0) is 43.9 Å². The Morgan fingerprint density at radius 1 is 1.30 bits per heavy atom. The molecule has 0 spiro atoms. The molecule has 0 saturated carbocycles. The Balaban J connectivity index is 1.34. The second kappa shape index (κ2) is 9.65. The van der Waals surface area contributed by atoms with Crippen LogP contribution in [0.15, 0.2) is 34.7 Å². The number of anilines is 1. The topological polar surface area (TPSA) is 87.5 Å². The summed E-state index contributed by atoms with van der Waals surface area (Å²) < 4.78 is 6.08. The molecule has 2 aliphatic heterocycles. The van der Waals surface area contributed by atoms with Gasteiger partial charge in [-0.1, -0.05) is 19.1 Å². The molecular weight excluding hydrogens is 436 g/mol. The third kappa shape index (κ3) is 4.68. The maximum Gasteiger partial charge on any atom is 0.232 e. The van der Waals surface area contributed by atoms with E-state index in [1.807, 2.05) is 36.1 Å². The lowest BCUT2D eigenvalue weighted by Gasteiger charge is -2.38. The predicted octanol–water partition coefficient (Wildman–Crippen LogP) is 4.04. The Kier molecular flexibility index (Phi) is 6.46. The van der Waals surface area contributed by atoms with E-state index in [9.17, 15) is 9.59 Å². The minimum atomic E-state index is -0.239. The quantitative estimate of drug-likeness (QED) is 0.572. The van der Waals surface area contributed by atoms with Gasteiger partial charge >= 0.3 is 0 Å². The first-order valence-electron chi connectivity index (χ1n) is 11.9. The number of nitrogens with one attached hydrogen (secondary N) is 2. The SMILES string of the molecule is CCCC(=O)Nc1nc2c(s1)CCCC2C(=O)N1CCNCC1Cc1ccc2cccc-2o1. The highest BCUT2D eigenvalue weighted by molar-refractivity contribution is 7.15. The molecule has 1 saturated heterocycles. The van der Waals surface area contributed by atoms with Crippen molar-refractivity contribution in [3.05, 3.63) is 46.7 Å². The van der Waals surface area contributed by atoms with Crippen LogP contribution in [-0.4, -0.2) is 47.4 Å². The van der Waals surface area contributed by atoms with E-state index in [0.29, 0.717) is 24.5 Å². The fraction of sp³-hybridized carbons (Fsp3) is 0.480. The Bertz CT molecular complexity index is 1110. The average Bonchev–Trinajstić information content (AvgIpc) is 3.45. The minimum Gasteiger partial charge on any atom is -0.461 e. The van der Waals surface area contributed by atoms with Gasteiger partial charge in [0.1, 0.15) is 11.5 Å². The van der Waals surface area contributed by atoms with E-state index in [1.54, 1.807) is 0 Å². The molecule has 0 bridgehead atoms. The molecule has 8 heteroatoms. The fourth-order valence-corrected chi connectivity index (χ4v) is 5.98. The third-order valence-electron chi connectivity index (χ3n) is 6.54. The van der Waals surface area contributed by atoms with Crippen molar-refractivity contribution in [3.8, 4) is 11.3 Å². The molecule has 5 rings (SSSR count). The normalized spacial score (nSPS) is 20.6. The number of piperazine rings is 1. The van der Waals surface area contributed by atoms with Gasteiger partial charge in [-0.25, -0.2) is 4.98 Å². The number of rotatable bonds is 6. The molecule has 3 heterocycles. The zero-order valence-corrected chi connectivity index (χ0v) is 19.7. The van der Waals surface area contributed by atoms with Crippen molar-refractivity contribution >= 4 is 28.3 Å². The van der Waals surface area contributed by atoms with E-state index >= 15 is 0 Å². The monoisotopic (exact) mass is 466 g/mol. The molecule has 7 nitrogen and oxygen atoms in total. The molecule has 2 atom stereocenters. The zero-order chi connectivity index (χ0) is 22.8. The van der Waals surface area contributed by atoms with Crippen molar-refractivity contribution in [2.45, 2.75) is 57.4 Å². The predicted molar refractivity (Wildman–Crippen MR) is 129 cm³/mol. The van der Waals surface area contributed by atoms with E-state index in [-0.39, 0.29) is 23.8 Å². The van der Waals surface area contributed by atoms with Gasteiger partial charge in [0.15, 0.2) is 5.13 Å². The number of aromatic nitrogens is 1. The van der Waals surface area contributed by atoms with Gasteiger partial charge in [-0.15, -0.1) is 11.3 Å². The van der Waals surface area contributed by atoms with Crippen LogP contribution in [0.2, 0.25) is 0 Å². The minimum absolute atomic E-state index is 0.0146. The molecule has 4 aliphatic rings. The maximum atomic E-state index is 13.8. The first-order valence-corrected chi connectivity index (χ1v) is 12.7. The van der Waals surface area contributed by atoms with Crippen molar-refractivity contribution in [2.24, 2.45) is 0 Å². The molecule has 33 heavy (non-hydrogen) atoms. The van der Waals surface area contributed by atoms with E-state index in [4.69, 9.17) is 9.40 Å². The van der Waals surface area contributed by atoms with Crippen LogP contribution in [0.4, 0.5) is 5.13 Å². The summed E-state index contributed by atoms with van der Waals surface area (Å²) in [4.78, 5) is 33.7. The molecule has 2 amide bonds. The number of thiazole rings is 1. The van der Waals surface area contributed by atoms with E-state index < -0.39 is 0 Å². The molecule has 2 aliphatic carbocycles. The molecule has 1 aromatic heterocycles. The van der Waals surface area contributed by atoms with E-state index in [1.165, 1.54) is 11.3 Å². The summed E-state index contributed by atoms with van der Waals surface area (Å²) in [5.41, 5.74) is 1.96.